The molecular weight excluding hydrogens is 260 g/mol. The summed E-state index contributed by atoms with van der Waals surface area (Å²) >= 11 is 0. The van der Waals surface area contributed by atoms with Gasteiger partial charge in [0.25, 0.3) is 0 Å². The van der Waals surface area contributed by atoms with Crippen LogP contribution in [0.1, 0.15) is 19.4 Å². The summed E-state index contributed by atoms with van der Waals surface area (Å²) in [4.78, 5) is 0. The Balaban J connectivity index is 2.13. The average molecular weight is 277 g/mol. The number of ether oxygens (including phenoxy) is 1. The van der Waals surface area contributed by atoms with Gasteiger partial charge in [0, 0.05) is 18.7 Å². The second-order valence-corrected chi connectivity index (χ2v) is 4.86. The first-order valence-corrected chi connectivity index (χ1v) is 6.50. The van der Waals surface area contributed by atoms with Crippen molar-refractivity contribution >= 4 is 0 Å². The van der Waals surface area contributed by atoms with Crippen molar-refractivity contribution in [1.29, 1.82) is 0 Å². The van der Waals surface area contributed by atoms with Gasteiger partial charge in [0.2, 0.25) is 0 Å². The molecule has 0 unspecified atom stereocenters. The summed E-state index contributed by atoms with van der Waals surface area (Å²) in [5.41, 5.74) is 1.02. The van der Waals surface area contributed by atoms with Gasteiger partial charge in [0.05, 0.1) is 0 Å². The summed E-state index contributed by atoms with van der Waals surface area (Å²) < 4.78 is 32.0. The van der Waals surface area contributed by atoms with E-state index in [0.29, 0.717) is 18.3 Å². The molecule has 0 heterocycles. The minimum absolute atomic E-state index is 0.112. The molecule has 0 radical (unpaired) electrons. The normalized spacial score (nSPS) is 10.8. The lowest BCUT2D eigenvalue weighted by Gasteiger charge is -2.11. The third-order valence-electron chi connectivity index (χ3n) is 2.73. The minimum Gasteiger partial charge on any atom is -0.454 e. The summed E-state index contributed by atoms with van der Waals surface area (Å²) in [6, 6.07) is 10.8. The Kier molecular flexibility index (Phi) is 4.69. The molecule has 4 heteroatoms. The van der Waals surface area contributed by atoms with Gasteiger partial charge in [-0.2, -0.15) is 0 Å². The third kappa shape index (κ3) is 4.03. The number of hydrogen-bond acceptors (Lipinski definition) is 2. The van der Waals surface area contributed by atoms with Crippen LogP contribution in [-0.4, -0.2) is 6.04 Å². The fourth-order valence-corrected chi connectivity index (χ4v) is 1.72. The number of nitrogens with one attached hydrogen (secondary N) is 1. The molecule has 0 aliphatic heterocycles. The number of halogens is 2. The van der Waals surface area contributed by atoms with E-state index in [-0.39, 0.29) is 5.75 Å². The van der Waals surface area contributed by atoms with E-state index in [1.165, 1.54) is 0 Å². The van der Waals surface area contributed by atoms with Crippen LogP contribution >= 0.6 is 0 Å². The predicted octanol–water partition coefficient (Wildman–Crippen LogP) is 4.26. The smallest absolute Gasteiger partial charge is 0.165 e. The van der Waals surface area contributed by atoms with Crippen LogP contribution in [0.15, 0.2) is 42.5 Å². The zero-order chi connectivity index (χ0) is 14.5. The van der Waals surface area contributed by atoms with Gasteiger partial charge >= 0.3 is 0 Å². The van der Waals surface area contributed by atoms with Crippen LogP contribution in [0.4, 0.5) is 8.78 Å². The molecule has 2 aromatic carbocycles. The van der Waals surface area contributed by atoms with Crippen molar-refractivity contribution < 1.29 is 13.5 Å². The van der Waals surface area contributed by atoms with Gasteiger partial charge in [-0.15, -0.1) is 0 Å². The molecule has 20 heavy (non-hydrogen) atoms. The van der Waals surface area contributed by atoms with E-state index in [9.17, 15) is 8.78 Å². The fraction of sp³-hybridized carbons (Fsp3) is 0.250. The van der Waals surface area contributed by atoms with Gasteiger partial charge in [-0.05, 0) is 29.8 Å². The first-order chi connectivity index (χ1) is 9.54. The highest BCUT2D eigenvalue weighted by Crippen LogP contribution is 2.25. The molecule has 0 bridgehead atoms. The Morgan fingerprint density at radius 2 is 1.90 bits per heavy atom. The molecule has 0 atom stereocenters. The molecule has 0 amide bonds. The Hall–Kier alpha value is -1.94. The highest BCUT2D eigenvalue weighted by atomic mass is 19.1. The number of benzene rings is 2. The Morgan fingerprint density at radius 3 is 2.65 bits per heavy atom. The van der Waals surface area contributed by atoms with Crippen molar-refractivity contribution in [3.63, 3.8) is 0 Å². The Morgan fingerprint density at radius 1 is 1.10 bits per heavy atom. The molecule has 0 spiro atoms. The van der Waals surface area contributed by atoms with Crippen LogP contribution in [0.5, 0.6) is 11.5 Å². The van der Waals surface area contributed by atoms with E-state index < -0.39 is 11.6 Å². The molecule has 0 aliphatic carbocycles. The fourth-order valence-electron chi connectivity index (χ4n) is 1.72. The molecule has 0 saturated heterocycles. The van der Waals surface area contributed by atoms with E-state index >= 15 is 0 Å². The molecule has 1 N–H and O–H groups in total. The van der Waals surface area contributed by atoms with Gasteiger partial charge in [0.1, 0.15) is 11.6 Å². The molecule has 0 fully saturated rings. The zero-order valence-electron chi connectivity index (χ0n) is 11.5. The van der Waals surface area contributed by atoms with Crippen LogP contribution in [0, 0.1) is 11.6 Å². The second-order valence-electron chi connectivity index (χ2n) is 4.86. The second kappa shape index (κ2) is 6.48. The maximum atomic E-state index is 13.5. The van der Waals surface area contributed by atoms with E-state index in [1.54, 1.807) is 12.1 Å². The SMILES string of the molecule is CC(C)NCc1cccc(Oc2cc(F)ccc2F)c1. The van der Waals surface area contributed by atoms with Gasteiger partial charge < -0.3 is 10.1 Å². The summed E-state index contributed by atoms with van der Waals surface area (Å²) in [6.07, 6.45) is 0. The monoisotopic (exact) mass is 277 g/mol. The van der Waals surface area contributed by atoms with E-state index in [1.807, 2.05) is 12.1 Å². The quantitative estimate of drug-likeness (QED) is 0.882. The zero-order valence-corrected chi connectivity index (χ0v) is 11.5. The summed E-state index contributed by atoms with van der Waals surface area (Å²) in [6.45, 7) is 4.81. The molecule has 2 rings (SSSR count). The van der Waals surface area contributed by atoms with E-state index in [4.69, 9.17) is 4.74 Å². The average Bonchev–Trinajstić information content (AvgIpc) is 2.41. The lowest BCUT2D eigenvalue weighted by molar-refractivity contribution is 0.435. The molecule has 2 nitrogen and oxygen atoms in total. The third-order valence-corrected chi connectivity index (χ3v) is 2.73. The lowest BCUT2D eigenvalue weighted by atomic mass is 10.2. The Bertz CT molecular complexity index is 584. The van der Waals surface area contributed by atoms with Gasteiger partial charge in [0.15, 0.2) is 11.6 Å². The van der Waals surface area contributed by atoms with Crippen LogP contribution in [0.3, 0.4) is 0 Å². The molecular formula is C16H17F2NO. The standard InChI is InChI=1S/C16H17F2NO/c1-11(2)19-10-12-4-3-5-14(8-12)20-16-9-13(17)6-7-15(16)18/h3-9,11,19H,10H2,1-2H3. The van der Waals surface area contributed by atoms with Crippen molar-refractivity contribution in [3.05, 3.63) is 59.7 Å². The number of hydrogen-bond donors (Lipinski definition) is 1. The number of rotatable bonds is 5. The van der Waals surface area contributed by atoms with Crippen molar-refractivity contribution in [2.45, 2.75) is 26.4 Å². The summed E-state index contributed by atoms with van der Waals surface area (Å²) in [5.74, 6) is -0.743. The van der Waals surface area contributed by atoms with Crippen molar-refractivity contribution in [2.24, 2.45) is 0 Å². The van der Waals surface area contributed by atoms with Crippen molar-refractivity contribution in [1.82, 2.24) is 5.32 Å². The minimum atomic E-state index is -0.586. The summed E-state index contributed by atoms with van der Waals surface area (Å²) in [7, 11) is 0. The molecule has 0 aliphatic rings. The van der Waals surface area contributed by atoms with E-state index in [2.05, 4.69) is 19.2 Å². The first-order valence-electron chi connectivity index (χ1n) is 6.50. The topological polar surface area (TPSA) is 21.3 Å². The van der Waals surface area contributed by atoms with Gasteiger partial charge in [-0.25, -0.2) is 8.78 Å². The largest absolute Gasteiger partial charge is 0.454 e. The highest BCUT2D eigenvalue weighted by Gasteiger charge is 2.07. The van der Waals surface area contributed by atoms with E-state index in [0.717, 1.165) is 23.8 Å². The maximum absolute atomic E-state index is 13.5. The van der Waals surface area contributed by atoms with Crippen LogP contribution in [0.2, 0.25) is 0 Å². The van der Waals surface area contributed by atoms with Crippen molar-refractivity contribution in [3.8, 4) is 11.5 Å². The summed E-state index contributed by atoms with van der Waals surface area (Å²) in [5, 5.41) is 3.28. The lowest BCUT2D eigenvalue weighted by Crippen LogP contribution is -2.21. The van der Waals surface area contributed by atoms with Crippen molar-refractivity contribution in [2.75, 3.05) is 0 Å². The molecule has 2 aromatic rings. The van der Waals surface area contributed by atoms with Crippen LogP contribution < -0.4 is 10.1 Å². The van der Waals surface area contributed by atoms with Gasteiger partial charge in [-0.1, -0.05) is 26.0 Å². The molecule has 0 aromatic heterocycles. The molecule has 0 saturated carbocycles. The molecule has 106 valence electrons. The van der Waals surface area contributed by atoms with Crippen LogP contribution in [-0.2, 0) is 6.54 Å². The van der Waals surface area contributed by atoms with Crippen LogP contribution in [0.25, 0.3) is 0 Å². The maximum Gasteiger partial charge on any atom is 0.165 e. The highest BCUT2D eigenvalue weighted by molar-refractivity contribution is 5.34. The predicted molar refractivity (Wildman–Crippen MR) is 74.8 cm³/mol. The first kappa shape index (κ1) is 14.5. The Labute approximate surface area is 117 Å². The van der Waals surface area contributed by atoms with Gasteiger partial charge in [-0.3, -0.25) is 0 Å².